The molecule has 2 aromatic rings. The highest BCUT2D eigenvalue weighted by Crippen LogP contribution is 2.33. The van der Waals surface area contributed by atoms with Gasteiger partial charge in [-0.2, -0.15) is 0 Å². The first-order valence-electron chi connectivity index (χ1n) is 11.2. The number of carbonyl (C=O) groups is 1. The highest BCUT2D eigenvalue weighted by Gasteiger charge is 2.34. The summed E-state index contributed by atoms with van der Waals surface area (Å²) < 4.78 is 44.8. The Bertz CT molecular complexity index is 1230. The van der Waals surface area contributed by atoms with E-state index >= 15 is 0 Å². The average Bonchev–Trinajstić information content (AvgIpc) is 3.09. The summed E-state index contributed by atoms with van der Waals surface area (Å²) in [4.78, 5) is 13.4. The summed E-state index contributed by atoms with van der Waals surface area (Å²) in [6.07, 6.45) is 7.55. The normalized spacial score (nSPS) is 23.0. The molecular formula is C27H25F2NO4. The summed E-state index contributed by atoms with van der Waals surface area (Å²) in [5.74, 6) is -2.03. The number of Topliss-reactive ketones (excluding diaryl/α,β-unsaturated/α-hetero) is 1. The van der Waals surface area contributed by atoms with E-state index in [2.05, 4.69) is 5.32 Å². The van der Waals surface area contributed by atoms with Crippen LogP contribution in [0, 0.1) is 11.6 Å². The van der Waals surface area contributed by atoms with Crippen molar-refractivity contribution in [3.8, 4) is 0 Å². The third-order valence-electron chi connectivity index (χ3n) is 6.04. The highest BCUT2D eigenvalue weighted by atomic mass is 19.1. The Balaban J connectivity index is 1.35. The summed E-state index contributed by atoms with van der Waals surface area (Å²) >= 11 is 0. The minimum atomic E-state index is -0.685. The maximum atomic E-state index is 14.1. The molecule has 34 heavy (non-hydrogen) atoms. The second kappa shape index (κ2) is 8.91. The largest absolute Gasteiger partial charge is 0.367 e. The van der Waals surface area contributed by atoms with Crippen LogP contribution < -0.4 is 5.32 Å². The molecule has 3 aliphatic rings. The van der Waals surface area contributed by atoms with Crippen LogP contribution >= 0.6 is 0 Å². The van der Waals surface area contributed by atoms with Gasteiger partial charge < -0.3 is 19.5 Å². The standard InChI is InChI=1S/C27H25F2NO4/c1-27(2)33-15-19(34-27)14-32-25-5-3-4-22-21(25)9-6-16-12-18(8-10-20(16)26(22)31)30-24-11-7-17(28)13-23(24)29/h3-5,7-13,19,25,30H,6,14-15H2,1-2H3/t19?,25-/m0/s1. The summed E-state index contributed by atoms with van der Waals surface area (Å²) in [7, 11) is 0. The molecule has 0 spiro atoms. The number of anilines is 2. The fourth-order valence-corrected chi connectivity index (χ4v) is 4.41. The first kappa shape index (κ1) is 22.7. The molecule has 1 N–H and O–H groups in total. The number of rotatable bonds is 5. The van der Waals surface area contributed by atoms with Gasteiger partial charge in [-0.25, -0.2) is 8.78 Å². The van der Waals surface area contributed by atoms with Crippen molar-refractivity contribution in [3.63, 3.8) is 0 Å². The number of carbonyl (C=O) groups excluding carboxylic acids is 1. The molecule has 0 bridgehead atoms. The number of nitrogens with one attached hydrogen (secondary N) is 1. The van der Waals surface area contributed by atoms with Gasteiger partial charge in [0.15, 0.2) is 11.6 Å². The van der Waals surface area contributed by atoms with Crippen molar-refractivity contribution in [2.75, 3.05) is 18.5 Å². The van der Waals surface area contributed by atoms with Crippen molar-refractivity contribution < 1.29 is 27.8 Å². The number of hydrogen-bond acceptors (Lipinski definition) is 5. The molecule has 0 amide bonds. The Morgan fingerprint density at radius 1 is 1.18 bits per heavy atom. The van der Waals surface area contributed by atoms with E-state index in [-0.39, 0.29) is 23.7 Å². The predicted octanol–water partition coefficient (Wildman–Crippen LogP) is 5.41. The van der Waals surface area contributed by atoms with Crippen LogP contribution in [0.15, 0.2) is 71.8 Å². The molecule has 0 aromatic heterocycles. The van der Waals surface area contributed by atoms with Gasteiger partial charge >= 0.3 is 0 Å². The molecule has 1 unspecified atom stereocenters. The first-order chi connectivity index (χ1) is 16.3. The van der Waals surface area contributed by atoms with Crippen LogP contribution in [0.2, 0.25) is 0 Å². The van der Waals surface area contributed by atoms with E-state index in [4.69, 9.17) is 14.2 Å². The van der Waals surface area contributed by atoms with Gasteiger partial charge in [0.05, 0.1) is 18.9 Å². The molecule has 1 aliphatic heterocycles. The van der Waals surface area contributed by atoms with Gasteiger partial charge in [0.1, 0.15) is 23.8 Å². The minimum Gasteiger partial charge on any atom is -0.367 e. The topological polar surface area (TPSA) is 56.8 Å². The fourth-order valence-electron chi connectivity index (χ4n) is 4.41. The zero-order valence-electron chi connectivity index (χ0n) is 18.9. The number of benzene rings is 2. The lowest BCUT2D eigenvalue weighted by molar-refractivity contribution is -0.145. The van der Waals surface area contributed by atoms with Crippen molar-refractivity contribution in [1.29, 1.82) is 0 Å². The Morgan fingerprint density at radius 2 is 2.03 bits per heavy atom. The lowest BCUT2D eigenvalue weighted by Crippen LogP contribution is -2.28. The summed E-state index contributed by atoms with van der Waals surface area (Å²) in [6, 6.07) is 8.64. The maximum absolute atomic E-state index is 14.1. The Hall–Kier alpha value is -3.13. The SMILES string of the molecule is CC1(C)OCC(CO[C@H]2C=CC=C3C(=O)c4ccc(Nc5ccc(F)cc5F)cc4CC=C32)O1. The molecule has 176 valence electrons. The third kappa shape index (κ3) is 4.59. The van der Waals surface area contributed by atoms with Crippen molar-refractivity contribution in [3.05, 3.63) is 94.6 Å². The van der Waals surface area contributed by atoms with Crippen LogP contribution in [0.25, 0.3) is 0 Å². The van der Waals surface area contributed by atoms with Gasteiger partial charge in [-0.05, 0) is 61.7 Å². The quantitative estimate of drug-likeness (QED) is 0.640. The zero-order chi connectivity index (χ0) is 23.9. The van der Waals surface area contributed by atoms with E-state index in [9.17, 15) is 13.6 Å². The van der Waals surface area contributed by atoms with Crippen LogP contribution in [0.1, 0.15) is 29.8 Å². The van der Waals surface area contributed by atoms with Crippen molar-refractivity contribution >= 4 is 17.2 Å². The summed E-state index contributed by atoms with van der Waals surface area (Å²) in [6.45, 7) is 4.54. The number of hydrogen-bond donors (Lipinski definition) is 1. The number of allylic oxidation sites excluding steroid dienone is 3. The number of halogens is 2. The lowest BCUT2D eigenvalue weighted by atomic mass is 9.90. The molecule has 1 fully saturated rings. The van der Waals surface area contributed by atoms with E-state index in [0.29, 0.717) is 36.5 Å². The molecule has 2 atom stereocenters. The number of fused-ring (bicyclic) bond motifs is 2. The molecule has 5 nitrogen and oxygen atoms in total. The van der Waals surface area contributed by atoms with Gasteiger partial charge in [-0.1, -0.05) is 24.3 Å². The molecule has 1 saturated heterocycles. The zero-order valence-corrected chi connectivity index (χ0v) is 18.9. The van der Waals surface area contributed by atoms with Crippen LogP contribution in [0.5, 0.6) is 0 Å². The monoisotopic (exact) mass is 465 g/mol. The molecule has 0 radical (unpaired) electrons. The van der Waals surface area contributed by atoms with Gasteiger partial charge in [0.2, 0.25) is 0 Å². The van der Waals surface area contributed by atoms with Crippen molar-refractivity contribution in [2.24, 2.45) is 0 Å². The third-order valence-corrected chi connectivity index (χ3v) is 6.04. The number of ketones is 1. The molecular weight excluding hydrogens is 440 g/mol. The van der Waals surface area contributed by atoms with Crippen molar-refractivity contribution in [2.45, 2.75) is 38.3 Å². The van der Waals surface area contributed by atoms with Gasteiger partial charge in [-0.3, -0.25) is 4.79 Å². The lowest BCUT2D eigenvalue weighted by Gasteiger charge is -2.23. The second-order valence-corrected chi connectivity index (χ2v) is 8.98. The molecule has 1 heterocycles. The average molecular weight is 465 g/mol. The maximum Gasteiger partial charge on any atom is 0.193 e. The molecule has 0 saturated carbocycles. The second-order valence-electron chi connectivity index (χ2n) is 8.98. The van der Waals surface area contributed by atoms with Gasteiger partial charge in [-0.15, -0.1) is 0 Å². The van der Waals surface area contributed by atoms with Crippen LogP contribution in [-0.2, 0) is 20.6 Å². The van der Waals surface area contributed by atoms with Crippen LogP contribution in [0.4, 0.5) is 20.2 Å². The molecule has 7 heteroatoms. The van der Waals surface area contributed by atoms with Crippen LogP contribution in [0.3, 0.4) is 0 Å². The Kier molecular flexibility index (Phi) is 5.93. The molecule has 2 aliphatic carbocycles. The Morgan fingerprint density at radius 3 is 2.79 bits per heavy atom. The molecule has 5 rings (SSSR count). The predicted molar refractivity (Wildman–Crippen MR) is 124 cm³/mol. The van der Waals surface area contributed by atoms with Gasteiger partial charge in [0, 0.05) is 22.9 Å². The van der Waals surface area contributed by atoms with Crippen molar-refractivity contribution in [1.82, 2.24) is 0 Å². The van der Waals surface area contributed by atoms with E-state index < -0.39 is 17.4 Å². The van der Waals surface area contributed by atoms with E-state index in [1.54, 1.807) is 12.1 Å². The first-order valence-corrected chi connectivity index (χ1v) is 11.2. The Labute approximate surface area is 196 Å². The molecule has 2 aromatic carbocycles. The smallest absolute Gasteiger partial charge is 0.193 e. The summed E-state index contributed by atoms with van der Waals surface area (Å²) in [5.41, 5.74) is 3.59. The van der Waals surface area contributed by atoms with E-state index in [1.165, 1.54) is 12.1 Å². The number of ether oxygens (including phenoxy) is 3. The fraction of sp³-hybridized carbons (Fsp3) is 0.296. The van der Waals surface area contributed by atoms with E-state index in [0.717, 1.165) is 17.2 Å². The van der Waals surface area contributed by atoms with Crippen LogP contribution in [-0.4, -0.2) is 37.0 Å². The highest BCUT2D eigenvalue weighted by molar-refractivity contribution is 6.13. The van der Waals surface area contributed by atoms with E-state index in [1.807, 2.05) is 44.2 Å². The summed E-state index contributed by atoms with van der Waals surface area (Å²) in [5, 5.41) is 2.96. The minimum absolute atomic E-state index is 0.0854. The van der Waals surface area contributed by atoms with Gasteiger partial charge in [0.25, 0.3) is 0 Å².